The molecule has 0 bridgehead atoms. The van der Waals surface area contributed by atoms with Gasteiger partial charge in [0.15, 0.2) is 8.32 Å². The van der Waals surface area contributed by atoms with Crippen LogP contribution in [0.25, 0.3) is 0 Å². The summed E-state index contributed by atoms with van der Waals surface area (Å²) in [5.74, 6) is -0.636. The molecule has 26 heavy (non-hydrogen) atoms. The molecule has 0 saturated carbocycles. The molecule has 1 aromatic rings. The molecule has 0 spiro atoms. The first kappa shape index (κ1) is 20.7. The number of anilines is 2. The van der Waals surface area contributed by atoms with Gasteiger partial charge >= 0.3 is 5.97 Å². The topological polar surface area (TPSA) is 88.7 Å². The highest BCUT2D eigenvalue weighted by atomic mass is 28.4. The van der Waals surface area contributed by atoms with Gasteiger partial charge in [-0.05, 0) is 30.1 Å². The normalized spacial score (nSPS) is 24.5. The first-order valence-electron chi connectivity index (χ1n) is 9.26. The van der Waals surface area contributed by atoms with E-state index in [4.69, 9.17) is 10.2 Å². The molecule has 1 aliphatic heterocycles. The van der Waals surface area contributed by atoms with E-state index >= 15 is 0 Å². The van der Waals surface area contributed by atoms with E-state index in [2.05, 4.69) is 50.7 Å². The van der Waals surface area contributed by atoms with Crippen LogP contribution in [0, 0.1) is 11.8 Å². The Hall–Kier alpha value is -1.60. The van der Waals surface area contributed by atoms with Gasteiger partial charge in [-0.25, -0.2) is 0 Å². The zero-order valence-corrected chi connectivity index (χ0v) is 17.8. The predicted octanol–water partition coefficient (Wildman–Crippen LogP) is 3.60. The summed E-state index contributed by atoms with van der Waals surface area (Å²) in [6.07, 6.45) is 3.42. The molecule has 1 aromatic heterocycles. The van der Waals surface area contributed by atoms with Crippen molar-refractivity contribution in [2.45, 2.75) is 58.4 Å². The van der Waals surface area contributed by atoms with E-state index in [1.807, 2.05) is 6.07 Å². The summed E-state index contributed by atoms with van der Waals surface area (Å²) in [4.78, 5) is 17.7. The third-order valence-electron chi connectivity index (χ3n) is 5.83. The Morgan fingerprint density at radius 1 is 1.42 bits per heavy atom. The van der Waals surface area contributed by atoms with Crippen molar-refractivity contribution in [3.63, 3.8) is 0 Å². The average molecular weight is 380 g/mol. The number of nitrogens with two attached hydrogens (primary N) is 1. The van der Waals surface area contributed by atoms with E-state index < -0.39 is 14.3 Å². The molecule has 3 atom stereocenters. The minimum Gasteiger partial charge on any atom is -0.481 e. The SMILES string of the molecule is C[C@H]1CN(c2ccncc2N)C[C@@H](CC(=O)O)[C@H]1O[Si](C)(C)C(C)(C)C. The molecule has 0 amide bonds. The van der Waals surface area contributed by atoms with Crippen LogP contribution >= 0.6 is 0 Å². The molecule has 0 unspecified atom stereocenters. The van der Waals surface area contributed by atoms with Gasteiger partial charge in [0.05, 0.1) is 30.1 Å². The van der Waals surface area contributed by atoms with Crippen molar-refractivity contribution in [3.8, 4) is 0 Å². The molecule has 0 aliphatic carbocycles. The highest BCUT2D eigenvalue weighted by molar-refractivity contribution is 6.74. The molecule has 146 valence electrons. The van der Waals surface area contributed by atoms with E-state index in [-0.39, 0.29) is 29.4 Å². The second kappa shape index (κ2) is 7.56. The Bertz CT molecular complexity index is 645. The summed E-state index contributed by atoms with van der Waals surface area (Å²) in [5.41, 5.74) is 7.64. The molecule has 2 heterocycles. The highest BCUT2D eigenvalue weighted by Gasteiger charge is 2.44. The van der Waals surface area contributed by atoms with Crippen LogP contribution in [0.1, 0.15) is 34.1 Å². The molecule has 3 N–H and O–H groups in total. The zero-order chi connectivity index (χ0) is 19.7. The predicted molar refractivity (Wildman–Crippen MR) is 108 cm³/mol. The molecule has 2 rings (SSSR count). The van der Waals surface area contributed by atoms with Crippen molar-refractivity contribution in [2.24, 2.45) is 11.8 Å². The summed E-state index contributed by atoms with van der Waals surface area (Å²) >= 11 is 0. The van der Waals surface area contributed by atoms with Crippen LogP contribution in [0.4, 0.5) is 11.4 Å². The van der Waals surface area contributed by atoms with Crippen LogP contribution in [0.2, 0.25) is 18.1 Å². The third-order valence-corrected chi connectivity index (χ3v) is 10.3. The summed E-state index contributed by atoms with van der Waals surface area (Å²) in [7, 11) is -1.99. The summed E-state index contributed by atoms with van der Waals surface area (Å²) in [5, 5.41) is 9.53. The van der Waals surface area contributed by atoms with Crippen LogP contribution in [0.15, 0.2) is 18.5 Å². The number of carboxylic acids is 1. The Balaban J connectivity index is 2.27. The Morgan fingerprint density at radius 3 is 2.62 bits per heavy atom. The van der Waals surface area contributed by atoms with Crippen molar-refractivity contribution >= 4 is 25.7 Å². The molecular formula is C19H33N3O3Si. The Labute approximate surface area is 157 Å². The minimum absolute atomic E-state index is 0.0497. The third kappa shape index (κ3) is 4.56. The fourth-order valence-electron chi connectivity index (χ4n) is 3.40. The number of carboxylic acid groups (broad SMARTS) is 1. The van der Waals surface area contributed by atoms with Gasteiger partial charge in [-0.1, -0.05) is 27.7 Å². The van der Waals surface area contributed by atoms with Gasteiger partial charge in [0.25, 0.3) is 0 Å². The summed E-state index contributed by atoms with van der Waals surface area (Å²) in [6, 6.07) is 1.90. The maximum absolute atomic E-state index is 11.5. The van der Waals surface area contributed by atoms with E-state index in [1.165, 1.54) is 0 Å². The quantitative estimate of drug-likeness (QED) is 0.760. The Kier molecular flexibility index (Phi) is 6.02. The fraction of sp³-hybridized carbons (Fsp3) is 0.684. The number of aromatic nitrogens is 1. The maximum Gasteiger partial charge on any atom is 0.303 e. The molecule has 0 radical (unpaired) electrons. The monoisotopic (exact) mass is 379 g/mol. The number of piperidine rings is 1. The second-order valence-electron chi connectivity index (χ2n) is 9.02. The number of hydrogen-bond donors (Lipinski definition) is 2. The fourth-order valence-corrected chi connectivity index (χ4v) is 4.85. The molecular weight excluding hydrogens is 346 g/mol. The van der Waals surface area contributed by atoms with Crippen LogP contribution in [0.5, 0.6) is 0 Å². The van der Waals surface area contributed by atoms with Crippen molar-refractivity contribution in [1.29, 1.82) is 0 Å². The van der Waals surface area contributed by atoms with E-state index in [1.54, 1.807) is 12.4 Å². The first-order valence-corrected chi connectivity index (χ1v) is 12.2. The molecule has 1 saturated heterocycles. The van der Waals surface area contributed by atoms with Crippen molar-refractivity contribution in [3.05, 3.63) is 18.5 Å². The summed E-state index contributed by atoms with van der Waals surface area (Å²) in [6.45, 7) is 14.7. The van der Waals surface area contributed by atoms with Crippen molar-refractivity contribution in [2.75, 3.05) is 23.7 Å². The van der Waals surface area contributed by atoms with Gasteiger partial charge in [-0.15, -0.1) is 0 Å². The lowest BCUT2D eigenvalue weighted by Crippen LogP contribution is -2.55. The molecule has 1 fully saturated rings. The van der Waals surface area contributed by atoms with Gasteiger partial charge in [0.2, 0.25) is 0 Å². The van der Waals surface area contributed by atoms with Crippen LogP contribution in [-0.2, 0) is 9.22 Å². The van der Waals surface area contributed by atoms with Crippen molar-refractivity contribution < 1.29 is 14.3 Å². The largest absolute Gasteiger partial charge is 0.481 e. The van der Waals surface area contributed by atoms with Gasteiger partial charge < -0.3 is 20.2 Å². The first-order chi connectivity index (χ1) is 11.9. The van der Waals surface area contributed by atoms with E-state index in [0.717, 1.165) is 12.2 Å². The average Bonchev–Trinajstić information content (AvgIpc) is 2.49. The maximum atomic E-state index is 11.5. The van der Waals surface area contributed by atoms with Gasteiger partial charge in [0.1, 0.15) is 0 Å². The van der Waals surface area contributed by atoms with Crippen molar-refractivity contribution in [1.82, 2.24) is 4.98 Å². The van der Waals surface area contributed by atoms with E-state index in [0.29, 0.717) is 12.2 Å². The number of nitrogens with zero attached hydrogens (tertiary/aromatic N) is 2. The van der Waals surface area contributed by atoms with Gasteiger partial charge in [-0.2, -0.15) is 0 Å². The lowest BCUT2D eigenvalue weighted by atomic mass is 9.84. The molecule has 6 nitrogen and oxygen atoms in total. The number of carbonyl (C=O) groups is 1. The van der Waals surface area contributed by atoms with Crippen LogP contribution < -0.4 is 10.6 Å². The lowest BCUT2D eigenvalue weighted by Gasteiger charge is -2.48. The smallest absolute Gasteiger partial charge is 0.303 e. The lowest BCUT2D eigenvalue weighted by molar-refractivity contribution is -0.139. The molecule has 1 aliphatic rings. The van der Waals surface area contributed by atoms with Crippen LogP contribution in [0.3, 0.4) is 0 Å². The number of pyridine rings is 1. The van der Waals surface area contributed by atoms with Crippen LogP contribution in [-0.4, -0.2) is 43.6 Å². The molecule has 7 heteroatoms. The zero-order valence-electron chi connectivity index (χ0n) is 16.8. The van der Waals surface area contributed by atoms with Gasteiger partial charge in [0, 0.05) is 25.2 Å². The number of hydrogen-bond acceptors (Lipinski definition) is 5. The number of rotatable bonds is 5. The van der Waals surface area contributed by atoms with E-state index in [9.17, 15) is 9.90 Å². The highest BCUT2D eigenvalue weighted by Crippen LogP contribution is 2.41. The number of nitrogen functional groups attached to an aromatic ring is 1. The van der Waals surface area contributed by atoms with Gasteiger partial charge in [-0.3, -0.25) is 9.78 Å². The summed E-state index contributed by atoms with van der Waals surface area (Å²) < 4.78 is 6.69. The minimum atomic E-state index is -1.99. The second-order valence-corrected chi connectivity index (χ2v) is 13.8. The molecule has 0 aromatic carbocycles. The Morgan fingerprint density at radius 2 is 2.08 bits per heavy atom. The number of aliphatic carboxylic acids is 1. The standard InChI is InChI=1S/C19H33N3O3Si/c1-13-11-22(16-7-8-21-10-15(16)20)12-14(9-17(23)24)18(13)25-26(5,6)19(2,3)4/h7-8,10,13-14,18H,9,11-12,20H2,1-6H3,(H,23,24)/t13-,14+,18-/m0/s1.